The zero-order valence-electron chi connectivity index (χ0n) is 12.4. The third-order valence-corrected chi connectivity index (χ3v) is 4.13. The second-order valence-electron chi connectivity index (χ2n) is 6.67. The fourth-order valence-corrected chi connectivity index (χ4v) is 3.26. The van der Waals surface area contributed by atoms with Crippen molar-refractivity contribution < 1.29 is 13.2 Å². The molecule has 0 bridgehead atoms. The summed E-state index contributed by atoms with van der Waals surface area (Å²) in [6.45, 7) is 6.33. The molecule has 2 rings (SSSR count). The molecular weight excluding hydrogens is 277 g/mol. The maximum absolute atomic E-state index is 13.1. The molecule has 0 amide bonds. The number of halogens is 3. The van der Waals surface area contributed by atoms with Gasteiger partial charge in [-0.25, -0.2) is 0 Å². The third kappa shape index (κ3) is 3.49. The van der Waals surface area contributed by atoms with E-state index in [1.807, 2.05) is 0 Å². The Kier molecular flexibility index (Phi) is 3.92. The number of benzene rings is 1. The monoisotopic (exact) mass is 296 g/mol. The van der Waals surface area contributed by atoms with E-state index in [4.69, 9.17) is 5.26 Å². The summed E-state index contributed by atoms with van der Waals surface area (Å²) in [6, 6.07) is 5.47. The van der Waals surface area contributed by atoms with Gasteiger partial charge in [-0.2, -0.15) is 18.4 Å². The first-order valence-electron chi connectivity index (χ1n) is 7.00. The number of anilines is 1. The van der Waals surface area contributed by atoms with E-state index in [0.717, 1.165) is 18.9 Å². The van der Waals surface area contributed by atoms with Gasteiger partial charge in [0.25, 0.3) is 0 Å². The molecule has 1 aliphatic carbocycles. The van der Waals surface area contributed by atoms with Crippen molar-refractivity contribution in [2.24, 2.45) is 11.3 Å². The van der Waals surface area contributed by atoms with Gasteiger partial charge in [-0.1, -0.05) is 20.8 Å². The Bertz CT molecular complexity index is 570. The van der Waals surface area contributed by atoms with Gasteiger partial charge in [0, 0.05) is 11.7 Å². The summed E-state index contributed by atoms with van der Waals surface area (Å²) in [4.78, 5) is 0. The average molecular weight is 296 g/mol. The van der Waals surface area contributed by atoms with Crippen LogP contribution in [0.3, 0.4) is 0 Å². The van der Waals surface area contributed by atoms with E-state index < -0.39 is 11.7 Å². The minimum atomic E-state index is -4.47. The molecule has 1 N–H and O–H groups in total. The van der Waals surface area contributed by atoms with Gasteiger partial charge in [-0.15, -0.1) is 0 Å². The quantitative estimate of drug-likeness (QED) is 0.849. The Balaban J connectivity index is 2.31. The SMILES string of the molecule is CC1CC(C)(C)CC1Nc1ccc(C#N)cc1C(F)(F)F. The molecule has 1 saturated carbocycles. The average Bonchev–Trinajstić information content (AvgIpc) is 2.61. The molecule has 1 aromatic rings. The zero-order chi connectivity index (χ0) is 15.8. The molecule has 0 radical (unpaired) electrons. The lowest BCUT2D eigenvalue weighted by Gasteiger charge is -2.22. The highest BCUT2D eigenvalue weighted by Crippen LogP contribution is 2.43. The summed E-state index contributed by atoms with van der Waals surface area (Å²) in [5, 5.41) is 11.8. The van der Waals surface area contributed by atoms with Crippen LogP contribution in [-0.2, 0) is 6.18 Å². The first-order chi connectivity index (χ1) is 9.62. The van der Waals surface area contributed by atoms with E-state index in [2.05, 4.69) is 26.1 Å². The van der Waals surface area contributed by atoms with Crippen LogP contribution in [-0.4, -0.2) is 6.04 Å². The molecule has 0 aliphatic heterocycles. The molecule has 1 aliphatic rings. The molecule has 2 nitrogen and oxygen atoms in total. The predicted octanol–water partition coefficient (Wildman–Crippen LogP) is 4.81. The molecule has 2 atom stereocenters. The summed E-state index contributed by atoms with van der Waals surface area (Å²) in [6.07, 6.45) is -2.64. The Hall–Kier alpha value is -1.70. The molecule has 2 unspecified atom stereocenters. The fraction of sp³-hybridized carbons (Fsp3) is 0.562. The van der Waals surface area contributed by atoms with Crippen molar-refractivity contribution in [3.63, 3.8) is 0 Å². The first kappa shape index (κ1) is 15.7. The van der Waals surface area contributed by atoms with Gasteiger partial charge in [0.15, 0.2) is 0 Å². The third-order valence-electron chi connectivity index (χ3n) is 4.13. The standard InChI is InChI=1S/C16H19F3N2/c1-10-7-15(2,3)8-14(10)21-13-5-4-11(9-20)6-12(13)16(17,18)19/h4-6,10,14,21H,7-8H2,1-3H3. The van der Waals surface area contributed by atoms with Crippen LogP contribution in [0.1, 0.15) is 44.7 Å². The van der Waals surface area contributed by atoms with Crippen LogP contribution in [0, 0.1) is 22.7 Å². The molecule has 114 valence electrons. The predicted molar refractivity (Wildman–Crippen MR) is 75.7 cm³/mol. The van der Waals surface area contributed by atoms with Gasteiger partial charge in [0.2, 0.25) is 0 Å². The van der Waals surface area contributed by atoms with Crippen molar-refractivity contribution in [1.29, 1.82) is 5.26 Å². The molecular formula is C16H19F3N2. The first-order valence-corrected chi connectivity index (χ1v) is 7.00. The molecule has 0 spiro atoms. The number of hydrogen-bond acceptors (Lipinski definition) is 2. The van der Waals surface area contributed by atoms with Crippen LogP contribution < -0.4 is 5.32 Å². The van der Waals surface area contributed by atoms with Crippen LogP contribution >= 0.6 is 0 Å². The second-order valence-corrected chi connectivity index (χ2v) is 6.67. The van der Waals surface area contributed by atoms with Crippen LogP contribution in [0.2, 0.25) is 0 Å². The Morgan fingerprint density at radius 2 is 1.95 bits per heavy atom. The van der Waals surface area contributed by atoms with E-state index in [0.29, 0.717) is 5.92 Å². The van der Waals surface area contributed by atoms with E-state index in [9.17, 15) is 13.2 Å². The maximum atomic E-state index is 13.1. The lowest BCUT2D eigenvalue weighted by molar-refractivity contribution is -0.137. The highest BCUT2D eigenvalue weighted by atomic mass is 19.4. The molecule has 1 aromatic carbocycles. The number of hydrogen-bond donors (Lipinski definition) is 1. The number of nitrogens with zero attached hydrogens (tertiary/aromatic N) is 1. The van der Waals surface area contributed by atoms with Gasteiger partial charge in [0.05, 0.1) is 17.2 Å². The van der Waals surface area contributed by atoms with E-state index in [1.165, 1.54) is 12.1 Å². The number of alkyl halides is 3. The van der Waals surface area contributed by atoms with Gasteiger partial charge in [-0.05, 0) is 42.4 Å². The van der Waals surface area contributed by atoms with Crippen molar-refractivity contribution in [2.75, 3.05) is 5.32 Å². The minimum Gasteiger partial charge on any atom is -0.382 e. The van der Waals surface area contributed by atoms with Crippen molar-refractivity contribution in [1.82, 2.24) is 0 Å². The van der Waals surface area contributed by atoms with Crippen LogP contribution in [0.4, 0.5) is 18.9 Å². The Morgan fingerprint density at radius 3 is 2.43 bits per heavy atom. The fourth-order valence-electron chi connectivity index (χ4n) is 3.26. The molecule has 21 heavy (non-hydrogen) atoms. The highest BCUT2D eigenvalue weighted by molar-refractivity contribution is 5.56. The molecule has 5 heteroatoms. The van der Waals surface area contributed by atoms with Crippen LogP contribution in [0.25, 0.3) is 0 Å². The summed E-state index contributed by atoms with van der Waals surface area (Å²) in [7, 11) is 0. The maximum Gasteiger partial charge on any atom is 0.418 e. The lowest BCUT2D eigenvalue weighted by Crippen LogP contribution is -2.24. The molecule has 0 aromatic heterocycles. The van der Waals surface area contributed by atoms with Gasteiger partial charge in [-0.3, -0.25) is 0 Å². The summed E-state index contributed by atoms with van der Waals surface area (Å²) in [5.41, 5.74) is -0.538. The van der Waals surface area contributed by atoms with Crippen molar-refractivity contribution in [3.05, 3.63) is 29.3 Å². The Morgan fingerprint density at radius 1 is 1.29 bits per heavy atom. The van der Waals surface area contributed by atoms with E-state index >= 15 is 0 Å². The summed E-state index contributed by atoms with van der Waals surface area (Å²) < 4.78 is 39.4. The lowest BCUT2D eigenvalue weighted by atomic mass is 9.91. The smallest absolute Gasteiger partial charge is 0.382 e. The Labute approximate surface area is 123 Å². The zero-order valence-corrected chi connectivity index (χ0v) is 12.4. The highest BCUT2D eigenvalue weighted by Gasteiger charge is 2.39. The second kappa shape index (κ2) is 5.25. The van der Waals surface area contributed by atoms with Crippen LogP contribution in [0.15, 0.2) is 18.2 Å². The molecule has 1 fully saturated rings. The van der Waals surface area contributed by atoms with E-state index in [-0.39, 0.29) is 22.7 Å². The van der Waals surface area contributed by atoms with E-state index in [1.54, 1.807) is 6.07 Å². The topological polar surface area (TPSA) is 35.8 Å². The largest absolute Gasteiger partial charge is 0.418 e. The molecule has 0 saturated heterocycles. The van der Waals surface area contributed by atoms with Gasteiger partial charge < -0.3 is 5.32 Å². The van der Waals surface area contributed by atoms with Gasteiger partial charge in [0.1, 0.15) is 0 Å². The number of rotatable bonds is 2. The minimum absolute atomic E-state index is 0.0210. The van der Waals surface area contributed by atoms with Crippen molar-refractivity contribution in [3.8, 4) is 6.07 Å². The summed E-state index contributed by atoms with van der Waals surface area (Å²) in [5.74, 6) is 0.316. The van der Waals surface area contributed by atoms with Crippen LogP contribution in [0.5, 0.6) is 0 Å². The van der Waals surface area contributed by atoms with Crippen molar-refractivity contribution in [2.45, 2.75) is 45.8 Å². The molecule has 0 heterocycles. The summed E-state index contributed by atoms with van der Waals surface area (Å²) >= 11 is 0. The number of nitrogens with one attached hydrogen (secondary N) is 1. The normalized spacial score (nSPS) is 24.6. The van der Waals surface area contributed by atoms with Gasteiger partial charge >= 0.3 is 6.18 Å². The van der Waals surface area contributed by atoms with Crippen molar-refractivity contribution >= 4 is 5.69 Å². The number of nitriles is 1.